The fourth-order valence-corrected chi connectivity index (χ4v) is 7.83. The maximum absolute atomic E-state index is 14.5. The van der Waals surface area contributed by atoms with Gasteiger partial charge in [-0.15, -0.1) is 0 Å². The summed E-state index contributed by atoms with van der Waals surface area (Å²) in [5, 5.41) is 0.776. The van der Waals surface area contributed by atoms with Crippen molar-refractivity contribution < 1.29 is 22.8 Å². The Morgan fingerprint density at radius 1 is 1.15 bits per heavy atom. The summed E-state index contributed by atoms with van der Waals surface area (Å²) in [5.74, 6) is -0.854. The fourth-order valence-electron chi connectivity index (χ4n) is 5.89. The molecular weight excluding hydrogens is 573 g/mol. The van der Waals surface area contributed by atoms with E-state index < -0.39 is 33.4 Å². The smallest absolute Gasteiger partial charge is 0.244 e. The minimum Gasteiger partial charge on any atom is -0.330 e. The molecule has 1 N–H and O–H groups in total. The van der Waals surface area contributed by atoms with Crippen molar-refractivity contribution in [2.75, 3.05) is 20.7 Å². The van der Waals surface area contributed by atoms with Crippen molar-refractivity contribution in [2.24, 2.45) is 5.41 Å². The van der Waals surface area contributed by atoms with Crippen molar-refractivity contribution in [1.29, 1.82) is 0 Å². The molecule has 0 spiro atoms. The van der Waals surface area contributed by atoms with E-state index in [1.165, 1.54) is 11.4 Å². The summed E-state index contributed by atoms with van der Waals surface area (Å²) < 4.78 is 27.6. The van der Waals surface area contributed by atoms with Crippen molar-refractivity contribution in [1.82, 2.24) is 14.7 Å². The maximum Gasteiger partial charge on any atom is 0.244 e. The van der Waals surface area contributed by atoms with E-state index in [-0.39, 0.29) is 30.0 Å². The van der Waals surface area contributed by atoms with Gasteiger partial charge in [0.1, 0.15) is 0 Å². The lowest BCUT2D eigenvalue weighted by Gasteiger charge is -2.52. The van der Waals surface area contributed by atoms with E-state index in [2.05, 4.69) is 5.48 Å². The molecule has 0 radical (unpaired) electrons. The summed E-state index contributed by atoms with van der Waals surface area (Å²) in [6.45, 7) is 3.89. The van der Waals surface area contributed by atoms with Crippen LogP contribution in [0.1, 0.15) is 69.0 Å². The third-order valence-corrected chi connectivity index (χ3v) is 10.9. The Kier molecular flexibility index (Phi) is 9.52. The van der Waals surface area contributed by atoms with Crippen LogP contribution in [0.25, 0.3) is 0 Å². The molecule has 1 saturated heterocycles. The van der Waals surface area contributed by atoms with Crippen molar-refractivity contribution in [3.63, 3.8) is 0 Å². The summed E-state index contributed by atoms with van der Waals surface area (Å²) in [6, 6.07) is 14.0. The van der Waals surface area contributed by atoms with Crippen LogP contribution < -0.4 is 5.48 Å². The number of nitrogens with one attached hydrogen (secondary N) is 1. The molecule has 40 heavy (non-hydrogen) atoms. The van der Waals surface area contributed by atoms with Crippen molar-refractivity contribution in [3.05, 3.63) is 69.7 Å². The molecule has 4 atom stereocenters. The topological polar surface area (TPSA) is 96.0 Å². The van der Waals surface area contributed by atoms with E-state index in [9.17, 15) is 18.0 Å². The lowest BCUT2D eigenvalue weighted by Crippen LogP contribution is -2.58. The molecule has 11 heteroatoms. The van der Waals surface area contributed by atoms with Crippen LogP contribution in [0.5, 0.6) is 0 Å². The number of benzene rings is 2. The molecule has 2 amide bonds. The Hall–Kier alpha value is -2.17. The zero-order valence-corrected chi connectivity index (χ0v) is 25.6. The first-order valence-corrected chi connectivity index (χ1v) is 15.8. The third-order valence-electron chi connectivity index (χ3n) is 8.07. The minimum atomic E-state index is -3.46. The van der Waals surface area contributed by atoms with E-state index in [0.29, 0.717) is 35.7 Å². The van der Waals surface area contributed by atoms with Gasteiger partial charge >= 0.3 is 0 Å². The molecule has 0 bridgehead atoms. The molecule has 1 aliphatic heterocycles. The van der Waals surface area contributed by atoms with Gasteiger partial charge in [0, 0.05) is 42.0 Å². The lowest BCUT2D eigenvalue weighted by atomic mass is 9.67. The Balaban J connectivity index is 1.85. The van der Waals surface area contributed by atoms with E-state index >= 15 is 0 Å². The van der Waals surface area contributed by atoms with Gasteiger partial charge in [0.15, 0.2) is 0 Å². The van der Waals surface area contributed by atoms with E-state index in [4.69, 9.17) is 28.0 Å². The molecule has 1 heterocycles. The number of piperidine rings is 1. The van der Waals surface area contributed by atoms with Crippen LogP contribution in [0.15, 0.2) is 48.5 Å². The molecule has 1 aliphatic carbocycles. The monoisotopic (exact) mass is 609 g/mol. The molecule has 2 fully saturated rings. The maximum atomic E-state index is 14.5. The van der Waals surface area contributed by atoms with Crippen LogP contribution in [0.3, 0.4) is 0 Å². The first kappa shape index (κ1) is 30.8. The van der Waals surface area contributed by atoms with Crippen LogP contribution in [-0.4, -0.2) is 61.4 Å². The van der Waals surface area contributed by atoms with Gasteiger partial charge in [0.25, 0.3) is 0 Å². The average Bonchev–Trinajstić information content (AvgIpc) is 3.76. The number of hydrogen-bond acceptors (Lipinski definition) is 5. The summed E-state index contributed by atoms with van der Waals surface area (Å²) in [4.78, 5) is 34.0. The standard InChI is InChI=1S/C29H37Cl2N3O5S/c1-5-23(18-33(3)40(37,38)24-13-14-24)34-27(19-9-11-21(30)12-10-19)25(20-7-6-8-22(31)15-20)16-29(2,28(34)36)17-26(35)32-39-4/h6-12,15,23-25,27H,5,13-14,16-18H2,1-4H3,(H,32,35). The van der Waals surface area contributed by atoms with Gasteiger partial charge in [-0.25, -0.2) is 18.2 Å². The quantitative estimate of drug-likeness (QED) is 0.347. The van der Waals surface area contributed by atoms with Gasteiger partial charge in [-0.05, 0) is 61.1 Å². The van der Waals surface area contributed by atoms with Gasteiger partial charge in [-0.3, -0.25) is 14.4 Å². The lowest BCUT2D eigenvalue weighted by molar-refractivity contribution is -0.159. The highest BCUT2D eigenvalue weighted by Crippen LogP contribution is 2.52. The fraction of sp³-hybridized carbons (Fsp3) is 0.517. The number of rotatable bonds is 11. The largest absolute Gasteiger partial charge is 0.330 e. The second kappa shape index (κ2) is 12.4. The molecule has 2 aromatic rings. The second-order valence-corrected chi connectivity index (χ2v) is 14.3. The Morgan fingerprint density at radius 3 is 2.40 bits per heavy atom. The second-order valence-electron chi connectivity index (χ2n) is 11.1. The Morgan fingerprint density at radius 2 is 1.82 bits per heavy atom. The highest BCUT2D eigenvalue weighted by atomic mass is 35.5. The molecule has 2 aliphatic rings. The molecule has 4 unspecified atom stereocenters. The number of likely N-dealkylation sites (N-methyl/N-ethyl adjacent to an activating group) is 1. The Bertz CT molecular complexity index is 1340. The van der Waals surface area contributed by atoms with E-state index in [1.54, 1.807) is 32.2 Å². The summed E-state index contributed by atoms with van der Waals surface area (Å²) in [7, 11) is -0.525. The first-order valence-electron chi connectivity index (χ1n) is 13.5. The SMILES string of the molecule is CCC(CN(C)S(=O)(=O)C1CC1)N1C(=O)C(C)(CC(=O)NOC)CC(c2cccc(Cl)c2)C1c1ccc(Cl)cc1. The van der Waals surface area contributed by atoms with Crippen LogP contribution in [0.2, 0.25) is 10.0 Å². The van der Waals surface area contributed by atoms with Gasteiger partial charge < -0.3 is 4.90 Å². The zero-order valence-electron chi connectivity index (χ0n) is 23.3. The highest BCUT2D eigenvalue weighted by molar-refractivity contribution is 7.90. The summed E-state index contributed by atoms with van der Waals surface area (Å²) in [6.07, 6.45) is 2.11. The van der Waals surface area contributed by atoms with Crippen LogP contribution in [-0.2, 0) is 24.4 Å². The predicted octanol–water partition coefficient (Wildman–Crippen LogP) is 5.33. The van der Waals surface area contributed by atoms with Gasteiger partial charge in [0.2, 0.25) is 21.8 Å². The van der Waals surface area contributed by atoms with E-state index in [1.807, 2.05) is 42.2 Å². The number of nitrogens with zero attached hydrogens (tertiary/aromatic N) is 2. The number of hydrogen-bond donors (Lipinski definition) is 1. The number of halogens is 2. The van der Waals surface area contributed by atoms with E-state index in [0.717, 1.165) is 11.1 Å². The van der Waals surface area contributed by atoms with Crippen molar-refractivity contribution in [3.8, 4) is 0 Å². The van der Waals surface area contributed by atoms with Gasteiger partial charge in [0.05, 0.1) is 23.8 Å². The summed E-state index contributed by atoms with van der Waals surface area (Å²) >= 11 is 12.7. The van der Waals surface area contributed by atoms with Crippen LogP contribution >= 0.6 is 23.2 Å². The first-order chi connectivity index (χ1) is 18.9. The van der Waals surface area contributed by atoms with Crippen LogP contribution in [0, 0.1) is 5.41 Å². The minimum absolute atomic E-state index is 0.0901. The molecule has 1 saturated carbocycles. The molecule has 8 nitrogen and oxygen atoms in total. The molecule has 2 aromatic carbocycles. The Labute approximate surface area is 247 Å². The molecular formula is C29H37Cl2N3O5S. The number of likely N-dealkylation sites (tertiary alicyclic amines) is 1. The zero-order chi connectivity index (χ0) is 29.2. The van der Waals surface area contributed by atoms with Gasteiger partial charge in [-0.2, -0.15) is 0 Å². The number of amides is 2. The number of hydroxylamine groups is 1. The van der Waals surface area contributed by atoms with Crippen LogP contribution in [0.4, 0.5) is 0 Å². The summed E-state index contributed by atoms with van der Waals surface area (Å²) in [5.41, 5.74) is 3.06. The normalized spacial score (nSPS) is 24.3. The number of carbonyl (C=O) groups is 2. The molecule has 4 rings (SSSR count). The molecule has 218 valence electrons. The predicted molar refractivity (Wildman–Crippen MR) is 156 cm³/mol. The third kappa shape index (κ3) is 6.49. The van der Waals surface area contributed by atoms with Crippen molar-refractivity contribution >= 4 is 45.0 Å². The average molecular weight is 611 g/mol. The number of sulfonamides is 1. The van der Waals surface area contributed by atoms with Gasteiger partial charge in [-0.1, -0.05) is 61.3 Å². The number of carbonyl (C=O) groups excluding carboxylic acids is 2. The highest BCUT2D eigenvalue weighted by Gasteiger charge is 2.52. The van der Waals surface area contributed by atoms with Crippen molar-refractivity contribution in [2.45, 2.75) is 69.2 Å². The molecule has 0 aromatic heterocycles.